The van der Waals surface area contributed by atoms with Gasteiger partial charge in [-0.2, -0.15) is 0 Å². The van der Waals surface area contributed by atoms with Crippen LogP contribution in [-0.2, 0) is 16.0 Å². The average Bonchev–Trinajstić information content (AvgIpc) is 2.60. The molecule has 2 aromatic carbocycles. The molecule has 2 N–H and O–H groups in total. The van der Waals surface area contributed by atoms with Crippen LogP contribution in [0.3, 0.4) is 0 Å². The minimum absolute atomic E-state index is 0.0621. The second-order valence-electron chi connectivity index (χ2n) is 5.14. The molecule has 4 nitrogen and oxygen atoms in total. The Bertz CT molecular complexity index is 667. The number of methoxy groups -OCH3 is 1. The highest BCUT2D eigenvalue weighted by Crippen LogP contribution is 2.28. The van der Waals surface area contributed by atoms with Gasteiger partial charge in [-0.15, -0.1) is 0 Å². The van der Waals surface area contributed by atoms with Crippen LogP contribution in [0.25, 0.3) is 0 Å². The third kappa shape index (κ3) is 4.20. The number of para-hydroxylation sites is 1. The molecule has 0 aromatic heterocycles. The van der Waals surface area contributed by atoms with Crippen LogP contribution in [-0.4, -0.2) is 24.8 Å². The second-order valence-corrected chi connectivity index (χ2v) is 5.14. The normalized spacial score (nSPS) is 11.6. The number of anilines is 1. The number of esters is 1. The van der Waals surface area contributed by atoms with E-state index in [4.69, 9.17) is 4.74 Å². The highest BCUT2D eigenvalue weighted by molar-refractivity contribution is 5.90. The SMILES string of the molecule is C=C(C(=O)OC)[C@H](Nc1ccccc1CCO)c1ccccc1. The van der Waals surface area contributed by atoms with Gasteiger partial charge in [0, 0.05) is 12.3 Å². The number of aliphatic hydroxyl groups is 1. The quantitative estimate of drug-likeness (QED) is 0.609. The summed E-state index contributed by atoms with van der Waals surface area (Å²) in [4.78, 5) is 11.9. The van der Waals surface area contributed by atoms with Crippen molar-refractivity contribution < 1.29 is 14.6 Å². The van der Waals surface area contributed by atoms with E-state index in [0.29, 0.717) is 12.0 Å². The first kappa shape index (κ1) is 16.8. The van der Waals surface area contributed by atoms with Gasteiger partial charge in [-0.3, -0.25) is 0 Å². The maximum atomic E-state index is 11.9. The number of benzene rings is 2. The molecule has 0 radical (unpaired) electrons. The number of hydrogen-bond donors (Lipinski definition) is 2. The average molecular weight is 311 g/mol. The molecule has 2 rings (SSSR count). The van der Waals surface area contributed by atoms with Crippen LogP contribution < -0.4 is 5.32 Å². The van der Waals surface area contributed by atoms with Gasteiger partial charge in [0.05, 0.1) is 18.7 Å². The lowest BCUT2D eigenvalue weighted by Gasteiger charge is -2.23. The molecule has 0 unspecified atom stereocenters. The predicted octanol–water partition coefficient (Wildman–Crippen LogP) is 3.10. The van der Waals surface area contributed by atoms with Crippen LogP contribution in [0.5, 0.6) is 0 Å². The number of rotatable bonds is 7. The highest BCUT2D eigenvalue weighted by Gasteiger charge is 2.22. The third-order valence-electron chi connectivity index (χ3n) is 3.63. The first-order chi connectivity index (χ1) is 11.2. The molecule has 4 heteroatoms. The molecule has 0 saturated carbocycles. The van der Waals surface area contributed by atoms with Crippen molar-refractivity contribution in [3.8, 4) is 0 Å². The lowest BCUT2D eigenvalue weighted by atomic mass is 9.98. The molecule has 0 aliphatic carbocycles. The summed E-state index contributed by atoms with van der Waals surface area (Å²) >= 11 is 0. The summed E-state index contributed by atoms with van der Waals surface area (Å²) in [5.41, 5.74) is 3.09. The van der Waals surface area contributed by atoms with Crippen LogP contribution >= 0.6 is 0 Å². The van der Waals surface area contributed by atoms with Crippen molar-refractivity contribution in [2.45, 2.75) is 12.5 Å². The molecular formula is C19H21NO3. The number of aliphatic hydroxyl groups excluding tert-OH is 1. The minimum atomic E-state index is -0.453. The lowest BCUT2D eigenvalue weighted by molar-refractivity contribution is -0.136. The fourth-order valence-corrected chi connectivity index (χ4v) is 2.42. The van der Waals surface area contributed by atoms with Gasteiger partial charge in [0.1, 0.15) is 0 Å². The van der Waals surface area contributed by atoms with Crippen molar-refractivity contribution in [2.75, 3.05) is 19.0 Å². The summed E-state index contributed by atoms with van der Waals surface area (Å²) in [5.74, 6) is -0.453. The van der Waals surface area contributed by atoms with Gasteiger partial charge < -0.3 is 15.2 Å². The maximum Gasteiger partial charge on any atom is 0.335 e. The van der Waals surface area contributed by atoms with Crippen LogP contribution in [0.15, 0.2) is 66.7 Å². The molecule has 23 heavy (non-hydrogen) atoms. The van der Waals surface area contributed by atoms with Gasteiger partial charge in [-0.05, 0) is 23.6 Å². The lowest BCUT2D eigenvalue weighted by Crippen LogP contribution is -2.20. The van der Waals surface area contributed by atoms with Gasteiger partial charge in [0.15, 0.2) is 0 Å². The Balaban J connectivity index is 2.36. The van der Waals surface area contributed by atoms with Crippen LogP contribution in [0.1, 0.15) is 17.2 Å². The molecule has 2 aromatic rings. The van der Waals surface area contributed by atoms with E-state index in [-0.39, 0.29) is 6.61 Å². The standard InChI is InChI=1S/C19H21NO3/c1-14(19(22)23-2)18(16-9-4-3-5-10-16)20-17-11-7-6-8-15(17)12-13-21/h3-11,18,20-21H,1,12-13H2,2H3/t18-/m0/s1. The van der Waals surface area contributed by atoms with Crippen molar-refractivity contribution >= 4 is 11.7 Å². The Kier molecular flexibility index (Phi) is 5.94. The van der Waals surface area contributed by atoms with Crippen molar-refractivity contribution in [2.24, 2.45) is 0 Å². The van der Waals surface area contributed by atoms with Gasteiger partial charge in [-0.1, -0.05) is 55.1 Å². The summed E-state index contributed by atoms with van der Waals surface area (Å²) in [5, 5.41) is 12.6. The van der Waals surface area contributed by atoms with E-state index >= 15 is 0 Å². The molecule has 0 saturated heterocycles. The van der Waals surface area contributed by atoms with E-state index in [2.05, 4.69) is 11.9 Å². The second kappa shape index (κ2) is 8.15. The molecule has 0 spiro atoms. The van der Waals surface area contributed by atoms with Crippen LogP contribution in [0.2, 0.25) is 0 Å². The van der Waals surface area contributed by atoms with Crippen molar-refractivity contribution in [1.29, 1.82) is 0 Å². The van der Waals surface area contributed by atoms with Crippen LogP contribution in [0, 0.1) is 0 Å². The Morgan fingerprint density at radius 3 is 2.48 bits per heavy atom. The Labute approximate surface area is 136 Å². The van der Waals surface area contributed by atoms with Gasteiger partial charge in [0.2, 0.25) is 0 Å². The molecule has 0 aliphatic heterocycles. The molecule has 0 fully saturated rings. The fourth-order valence-electron chi connectivity index (χ4n) is 2.42. The topological polar surface area (TPSA) is 58.6 Å². The molecule has 1 atom stereocenters. The minimum Gasteiger partial charge on any atom is -0.466 e. The Morgan fingerprint density at radius 2 is 1.83 bits per heavy atom. The molecule has 0 heterocycles. The number of nitrogens with one attached hydrogen (secondary N) is 1. The fraction of sp³-hybridized carbons (Fsp3) is 0.211. The van der Waals surface area contributed by atoms with E-state index in [1.54, 1.807) is 0 Å². The first-order valence-electron chi connectivity index (χ1n) is 7.44. The van der Waals surface area contributed by atoms with Gasteiger partial charge in [0.25, 0.3) is 0 Å². The van der Waals surface area contributed by atoms with Gasteiger partial charge in [-0.25, -0.2) is 4.79 Å². The van der Waals surface area contributed by atoms with Gasteiger partial charge >= 0.3 is 5.97 Å². The van der Waals surface area contributed by atoms with Crippen LogP contribution in [0.4, 0.5) is 5.69 Å². The van der Waals surface area contributed by atoms with Crippen molar-refractivity contribution in [1.82, 2.24) is 0 Å². The molecular weight excluding hydrogens is 290 g/mol. The number of hydrogen-bond acceptors (Lipinski definition) is 4. The largest absolute Gasteiger partial charge is 0.466 e. The summed E-state index contributed by atoms with van der Waals surface area (Å²) in [7, 11) is 1.34. The van der Waals surface area contributed by atoms with E-state index < -0.39 is 12.0 Å². The smallest absolute Gasteiger partial charge is 0.335 e. The summed E-state index contributed by atoms with van der Waals surface area (Å²) < 4.78 is 4.81. The zero-order valence-electron chi connectivity index (χ0n) is 13.2. The summed E-state index contributed by atoms with van der Waals surface area (Å²) in [6, 6.07) is 16.9. The molecule has 120 valence electrons. The van der Waals surface area contributed by atoms with E-state index in [9.17, 15) is 9.90 Å². The third-order valence-corrected chi connectivity index (χ3v) is 3.63. The predicted molar refractivity (Wildman–Crippen MR) is 91.2 cm³/mol. The van der Waals surface area contributed by atoms with Crippen molar-refractivity contribution in [3.63, 3.8) is 0 Å². The Hall–Kier alpha value is -2.59. The van der Waals surface area contributed by atoms with E-state index in [1.165, 1.54) is 7.11 Å². The maximum absolute atomic E-state index is 11.9. The monoisotopic (exact) mass is 311 g/mol. The van der Waals surface area contributed by atoms with E-state index in [1.807, 2.05) is 54.6 Å². The highest BCUT2D eigenvalue weighted by atomic mass is 16.5. The number of ether oxygens (including phenoxy) is 1. The number of carbonyl (C=O) groups excluding carboxylic acids is 1. The molecule has 0 amide bonds. The number of carbonyl (C=O) groups is 1. The molecule has 0 aliphatic rings. The summed E-state index contributed by atoms with van der Waals surface area (Å²) in [6.07, 6.45) is 0.537. The van der Waals surface area contributed by atoms with E-state index in [0.717, 1.165) is 16.8 Å². The first-order valence-corrected chi connectivity index (χ1v) is 7.44. The van der Waals surface area contributed by atoms with Crippen molar-refractivity contribution in [3.05, 3.63) is 77.9 Å². The zero-order valence-corrected chi connectivity index (χ0v) is 13.2. The Morgan fingerprint density at radius 1 is 1.17 bits per heavy atom. The summed E-state index contributed by atoms with van der Waals surface area (Å²) in [6.45, 7) is 3.95. The molecule has 0 bridgehead atoms. The zero-order chi connectivity index (χ0) is 16.7.